The van der Waals surface area contributed by atoms with E-state index in [-0.39, 0.29) is 11.3 Å². The van der Waals surface area contributed by atoms with Gasteiger partial charge in [0.15, 0.2) is 5.65 Å². The van der Waals surface area contributed by atoms with Crippen LogP contribution in [0.5, 0.6) is 0 Å². The highest BCUT2D eigenvalue weighted by Gasteiger charge is 2.12. The summed E-state index contributed by atoms with van der Waals surface area (Å²) in [5, 5.41) is 4.96. The average molecular weight is 338 g/mol. The highest BCUT2D eigenvalue weighted by Crippen LogP contribution is 2.17. The minimum Gasteiger partial charge on any atom is -0.272 e. The predicted molar refractivity (Wildman–Crippen MR) is 83.2 cm³/mol. The second-order valence-electron chi connectivity index (χ2n) is 4.36. The Morgan fingerprint density at radius 3 is 2.91 bits per heavy atom. The van der Waals surface area contributed by atoms with Gasteiger partial charge in [0.2, 0.25) is 0 Å². The van der Waals surface area contributed by atoms with Gasteiger partial charge in [-0.25, -0.2) is 14.3 Å². The number of alkyl halides is 1. The van der Waals surface area contributed by atoms with Gasteiger partial charge in [0.25, 0.3) is 11.5 Å². The van der Waals surface area contributed by atoms with Gasteiger partial charge in [-0.3, -0.25) is 15.0 Å². The smallest absolute Gasteiger partial charge is 0.272 e. The molecule has 2 heterocycles. The Bertz CT molecular complexity index is 918. The van der Waals surface area contributed by atoms with Crippen LogP contribution in [0.3, 0.4) is 0 Å². The molecule has 7 nitrogen and oxygen atoms in total. The number of hydrogen-bond acceptors (Lipinski definition) is 4. The number of aromatic nitrogens is 4. The normalized spacial score (nSPS) is 10.8. The van der Waals surface area contributed by atoms with E-state index in [2.05, 4.69) is 15.5 Å². The number of rotatable bonds is 3. The third-order valence-electron chi connectivity index (χ3n) is 2.91. The first-order valence-corrected chi connectivity index (χ1v) is 7.08. The second-order valence-corrected chi connectivity index (χ2v) is 5.07. The summed E-state index contributed by atoms with van der Waals surface area (Å²) >= 11 is 11.3. The van der Waals surface area contributed by atoms with E-state index >= 15 is 0 Å². The van der Waals surface area contributed by atoms with Crippen molar-refractivity contribution < 1.29 is 4.79 Å². The molecular formula is C13H9Cl2N5O2. The largest absolute Gasteiger partial charge is 0.283 e. The van der Waals surface area contributed by atoms with Crippen LogP contribution < -0.4 is 11.0 Å². The SMILES string of the molecule is O=C(CCl)Nn1cnc2c(cnn2-c2cccc(Cl)c2)c1=O. The highest BCUT2D eigenvalue weighted by atomic mass is 35.5. The lowest BCUT2D eigenvalue weighted by Crippen LogP contribution is -2.33. The molecule has 0 bridgehead atoms. The Hall–Kier alpha value is -2.38. The Morgan fingerprint density at radius 1 is 1.36 bits per heavy atom. The molecule has 1 aromatic carbocycles. The van der Waals surface area contributed by atoms with Gasteiger partial charge in [-0.15, -0.1) is 11.6 Å². The summed E-state index contributed by atoms with van der Waals surface area (Å²) in [4.78, 5) is 27.7. The minimum atomic E-state index is -0.507. The molecule has 1 amide bonds. The molecule has 0 fully saturated rings. The monoisotopic (exact) mass is 337 g/mol. The molecule has 3 aromatic rings. The summed E-state index contributed by atoms with van der Waals surface area (Å²) in [7, 11) is 0. The van der Waals surface area contributed by atoms with Gasteiger partial charge >= 0.3 is 0 Å². The third kappa shape index (κ3) is 2.56. The van der Waals surface area contributed by atoms with Crippen molar-refractivity contribution in [1.82, 2.24) is 19.4 Å². The van der Waals surface area contributed by atoms with Crippen LogP contribution in [0.25, 0.3) is 16.7 Å². The van der Waals surface area contributed by atoms with E-state index in [0.29, 0.717) is 16.4 Å². The maximum Gasteiger partial charge on any atom is 0.283 e. The van der Waals surface area contributed by atoms with Crippen LogP contribution in [-0.4, -0.2) is 31.2 Å². The highest BCUT2D eigenvalue weighted by molar-refractivity contribution is 6.30. The zero-order chi connectivity index (χ0) is 15.7. The molecule has 0 aliphatic heterocycles. The van der Waals surface area contributed by atoms with Crippen molar-refractivity contribution in [3.05, 3.63) is 52.2 Å². The van der Waals surface area contributed by atoms with E-state index in [4.69, 9.17) is 23.2 Å². The maximum absolute atomic E-state index is 12.3. The summed E-state index contributed by atoms with van der Waals surface area (Å²) in [5.74, 6) is -0.765. The van der Waals surface area contributed by atoms with Gasteiger partial charge in [-0.2, -0.15) is 5.10 Å². The quantitative estimate of drug-likeness (QED) is 0.735. The van der Waals surface area contributed by atoms with Crippen LogP contribution in [-0.2, 0) is 4.79 Å². The molecule has 112 valence electrons. The molecule has 0 aliphatic rings. The molecule has 3 rings (SSSR count). The van der Waals surface area contributed by atoms with Gasteiger partial charge in [-0.1, -0.05) is 17.7 Å². The van der Waals surface area contributed by atoms with Crippen molar-refractivity contribution in [2.75, 3.05) is 11.3 Å². The van der Waals surface area contributed by atoms with Crippen molar-refractivity contribution in [3.63, 3.8) is 0 Å². The van der Waals surface area contributed by atoms with Crippen molar-refractivity contribution in [2.45, 2.75) is 0 Å². The standard InChI is InChI=1S/C13H9Cl2N5O2/c14-5-11(21)18-19-7-16-12-10(13(19)22)6-17-20(12)9-3-1-2-8(15)4-9/h1-4,6-7H,5H2,(H,18,21). The van der Waals surface area contributed by atoms with Crippen LogP contribution in [0.4, 0.5) is 0 Å². The summed E-state index contributed by atoms with van der Waals surface area (Å²) in [5.41, 5.74) is 2.92. The number of carbonyl (C=O) groups excluding carboxylic acids is 1. The predicted octanol–water partition coefficient (Wildman–Crippen LogP) is 1.54. The number of halogens is 2. The van der Waals surface area contributed by atoms with E-state index < -0.39 is 11.5 Å². The Balaban J connectivity index is 2.12. The van der Waals surface area contributed by atoms with Gasteiger partial charge in [0.05, 0.1) is 11.9 Å². The van der Waals surface area contributed by atoms with Gasteiger partial charge in [-0.05, 0) is 18.2 Å². The lowest BCUT2D eigenvalue weighted by Gasteiger charge is -2.06. The van der Waals surface area contributed by atoms with Crippen molar-refractivity contribution in [1.29, 1.82) is 0 Å². The second kappa shape index (κ2) is 5.78. The molecule has 2 aromatic heterocycles. The molecule has 22 heavy (non-hydrogen) atoms. The summed E-state index contributed by atoms with van der Waals surface area (Å²) in [6.45, 7) is 0. The van der Waals surface area contributed by atoms with Crippen molar-refractivity contribution in [2.24, 2.45) is 0 Å². The minimum absolute atomic E-state index is 0.258. The third-order valence-corrected chi connectivity index (χ3v) is 3.39. The van der Waals surface area contributed by atoms with Gasteiger partial charge in [0, 0.05) is 5.02 Å². The molecule has 9 heteroatoms. The molecular weight excluding hydrogens is 329 g/mol. The first-order chi connectivity index (χ1) is 10.6. The van der Waals surface area contributed by atoms with E-state index in [1.807, 2.05) is 0 Å². The van der Waals surface area contributed by atoms with Crippen LogP contribution in [0, 0.1) is 0 Å². The van der Waals surface area contributed by atoms with Crippen LogP contribution in [0.1, 0.15) is 0 Å². The zero-order valence-corrected chi connectivity index (χ0v) is 12.5. The number of fused-ring (bicyclic) bond motifs is 1. The number of hydrogen-bond donors (Lipinski definition) is 1. The topological polar surface area (TPSA) is 81.8 Å². The number of nitrogens with zero attached hydrogens (tertiary/aromatic N) is 4. The Kier molecular flexibility index (Phi) is 3.82. The van der Waals surface area contributed by atoms with E-state index in [9.17, 15) is 9.59 Å². The fourth-order valence-corrected chi connectivity index (χ4v) is 2.20. The number of nitrogens with one attached hydrogen (secondary N) is 1. The molecule has 0 radical (unpaired) electrons. The van der Waals surface area contributed by atoms with Crippen LogP contribution in [0.2, 0.25) is 5.02 Å². The molecule has 0 spiro atoms. The first kappa shape index (κ1) is 14.6. The molecule has 0 atom stereocenters. The first-order valence-electron chi connectivity index (χ1n) is 6.17. The van der Waals surface area contributed by atoms with Crippen molar-refractivity contribution >= 4 is 40.1 Å². The number of benzene rings is 1. The van der Waals surface area contributed by atoms with E-state index in [0.717, 1.165) is 4.68 Å². The Morgan fingerprint density at radius 2 is 2.18 bits per heavy atom. The molecule has 1 N–H and O–H groups in total. The fourth-order valence-electron chi connectivity index (χ4n) is 1.95. The van der Waals surface area contributed by atoms with Crippen molar-refractivity contribution in [3.8, 4) is 5.69 Å². The Labute approximate surface area is 134 Å². The maximum atomic E-state index is 12.3. The number of carbonyl (C=O) groups is 1. The summed E-state index contributed by atoms with van der Waals surface area (Å²) < 4.78 is 2.47. The fraction of sp³-hybridized carbons (Fsp3) is 0.0769. The molecule has 0 saturated heterocycles. The van der Waals surface area contributed by atoms with Crippen LogP contribution >= 0.6 is 23.2 Å². The lowest BCUT2D eigenvalue weighted by molar-refractivity contribution is -0.114. The van der Waals surface area contributed by atoms with Crippen LogP contribution in [0.15, 0.2) is 41.6 Å². The summed E-state index contributed by atoms with van der Waals surface area (Å²) in [6.07, 6.45) is 2.59. The number of amides is 1. The molecule has 0 unspecified atom stereocenters. The van der Waals surface area contributed by atoms with E-state index in [1.165, 1.54) is 17.2 Å². The van der Waals surface area contributed by atoms with Gasteiger partial charge in [0.1, 0.15) is 17.6 Å². The molecule has 0 aliphatic carbocycles. The zero-order valence-electron chi connectivity index (χ0n) is 11.0. The lowest BCUT2D eigenvalue weighted by atomic mass is 10.3. The van der Waals surface area contributed by atoms with E-state index in [1.54, 1.807) is 24.3 Å². The summed E-state index contributed by atoms with van der Waals surface area (Å²) in [6, 6.07) is 7.00. The van der Waals surface area contributed by atoms with Gasteiger partial charge < -0.3 is 0 Å². The molecule has 0 saturated carbocycles. The average Bonchev–Trinajstić information content (AvgIpc) is 2.94.